The first-order valence-corrected chi connectivity index (χ1v) is 7.11. The van der Waals surface area contributed by atoms with Gasteiger partial charge in [-0.05, 0) is 19.4 Å². The second-order valence-electron chi connectivity index (χ2n) is 4.45. The Morgan fingerprint density at radius 1 is 1.65 bits per heavy atom. The Morgan fingerprint density at radius 2 is 2.53 bits per heavy atom. The van der Waals surface area contributed by atoms with Crippen molar-refractivity contribution in [2.45, 2.75) is 44.5 Å². The van der Waals surface area contributed by atoms with E-state index in [0.717, 1.165) is 18.3 Å². The van der Waals surface area contributed by atoms with E-state index >= 15 is 0 Å². The summed E-state index contributed by atoms with van der Waals surface area (Å²) in [7, 11) is 0. The third-order valence-electron chi connectivity index (χ3n) is 2.72. The molecule has 2 atom stereocenters. The first-order chi connectivity index (χ1) is 8.28. The Labute approximate surface area is 107 Å². The Balaban J connectivity index is 1.74. The van der Waals surface area contributed by atoms with Gasteiger partial charge in [0.1, 0.15) is 0 Å². The van der Waals surface area contributed by atoms with Gasteiger partial charge in [0.05, 0.1) is 13.1 Å². The van der Waals surface area contributed by atoms with Crippen molar-refractivity contribution < 1.29 is 0 Å². The lowest BCUT2D eigenvalue weighted by atomic mass is 10.2. The fourth-order valence-electron chi connectivity index (χ4n) is 1.91. The molecular formula is C12H20N4S. The summed E-state index contributed by atoms with van der Waals surface area (Å²) in [5, 5.41) is 9.44. The molecule has 2 unspecified atom stereocenters. The lowest BCUT2D eigenvalue weighted by Crippen LogP contribution is -2.33. The zero-order valence-corrected chi connectivity index (χ0v) is 11.3. The first-order valence-electron chi connectivity index (χ1n) is 6.23. The van der Waals surface area contributed by atoms with Crippen molar-refractivity contribution >= 4 is 16.9 Å². The number of aromatic nitrogens is 2. The molecule has 0 aliphatic carbocycles. The number of nitrogens with zero attached hydrogens (tertiary/aromatic N) is 3. The van der Waals surface area contributed by atoms with E-state index in [0.29, 0.717) is 11.3 Å². The third kappa shape index (κ3) is 3.77. The van der Waals surface area contributed by atoms with Gasteiger partial charge in [0.25, 0.3) is 0 Å². The van der Waals surface area contributed by atoms with Gasteiger partial charge in [0, 0.05) is 23.7 Å². The summed E-state index contributed by atoms with van der Waals surface area (Å²) in [5.41, 5.74) is 0. The molecule has 0 saturated heterocycles. The molecule has 2 rings (SSSR count). The summed E-state index contributed by atoms with van der Waals surface area (Å²) < 4.78 is 1.95. The Bertz CT molecular complexity index is 361. The fourth-order valence-corrected chi connectivity index (χ4v) is 3.15. The van der Waals surface area contributed by atoms with Crippen molar-refractivity contribution in [3.63, 3.8) is 0 Å². The molecule has 0 amide bonds. The predicted octanol–water partition coefficient (Wildman–Crippen LogP) is 2.13. The summed E-state index contributed by atoms with van der Waals surface area (Å²) in [6.45, 7) is 6.24. The van der Waals surface area contributed by atoms with Crippen LogP contribution in [-0.4, -0.2) is 32.8 Å². The van der Waals surface area contributed by atoms with Crippen LogP contribution in [0.5, 0.6) is 0 Å². The lowest BCUT2D eigenvalue weighted by molar-refractivity contribution is 0.508. The zero-order valence-electron chi connectivity index (χ0n) is 10.5. The second kappa shape index (κ2) is 6.10. The van der Waals surface area contributed by atoms with Crippen LogP contribution in [0.4, 0.5) is 0 Å². The van der Waals surface area contributed by atoms with Crippen LogP contribution in [-0.2, 0) is 6.54 Å². The van der Waals surface area contributed by atoms with Gasteiger partial charge >= 0.3 is 0 Å². The van der Waals surface area contributed by atoms with E-state index in [4.69, 9.17) is 0 Å². The lowest BCUT2D eigenvalue weighted by Gasteiger charge is -2.15. The molecule has 17 heavy (non-hydrogen) atoms. The van der Waals surface area contributed by atoms with Gasteiger partial charge in [-0.25, -0.2) is 0 Å². The minimum atomic E-state index is 0.363. The van der Waals surface area contributed by atoms with Crippen LogP contribution in [0.15, 0.2) is 23.5 Å². The molecule has 0 fully saturated rings. The Morgan fingerprint density at radius 3 is 3.24 bits per heavy atom. The van der Waals surface area contributed by atoms with Gasteiger partial charge in [0.2, 0.25) is 0 Å². The molecular weight excluding hydrogens is 232 g/mol. The van der Waals surface area contributed by atoms with Crippen molar-refractivity contribution in [1.82, 2.24) is 15.1 Å². The molecule has 94 valence electrons. The average molecular weight is 252 g/mol. The largest absolute Gasteiger partial charge is 0.361 e. The molecule has 1 aromatic rings. The molecule has 1 aliphatic rings. The highest BCUT2D eigenvalue weighted by atomic mass is 32.2. The second-order valence-corrected chi connectivity index (χ2v) is 5.74. The quantitative estimate of drug-likeness (QED) is 0.873. The van der Waals surface area contributed by atoms with Gasteiger partial charge in [-0.1, -0.05) is 25.1 Å². The van der Waals surface area contributed by atoms with E-state index in [1.807, 2.05) is 34.9 Å². The van der Waals surface area contributed by atoms with Crippen LogP contribution in [0.2, 0.25) is 0 Å². The van der Waals surface area contributed by atoms with Gasteiger partial charge in [-0.2, -0.15) is 5.10 Å². The maximum atomic E-state index is 4.54. The van der Waals surface area contributed by atoms with E-state index in [1.165, 1.54) is 12.8 Å². The molecule has 4 nitrogen and oxygen atoms in total. The maximum Gasteiger partial charge on any atom is 0.157 e. The summed E-state index contributed by atoms with van der Waals surface area (Å²) in [5.74, 6) is 0. The first kappa shape index (κ1) is 12.5. The van der Waals surface area contributed by atoms with Crippen LogP contribution in [0.1, 0.15) is 26.7 Å². The van der Waals surface area contributed by atoms with E-state index in [1.54, 1.807) is 0 Å². The highest BCUT2D eigenvalue weighted by Gasteiger charge is 2.19. The molecule has 0 saturated carbocycles. The van der Waals surface area contributed by atoms with E-state index in [2.05, 4.69) is 29.3 Å². The highest BCUT2D eigenvalue weighted by molar-refractivity contribution is 8.14. The van der Waals surface area contributed by atoms with Gasteiger partial charge < -0.3 is 5.32 Å². The van der Waals surface area contributed by atoms with Gasteiger partial charge in [0.15, 0.2) is 5.17 Å². The molecule has 0 aromatic carbocycles. The number of hydrogen-bond acceptors (Lipinski definition) is 4. The standard InChI is InChI=1S/C12H20N4S/c1-3-5-11-8-13-12(17-11)15-10(2)9-16-7-4-6-14-16/h4,6-7,10-11H,3,5,8-9H2,1-2H3,(H,13,15). The maximum absolute atomic E-state index is 4.54. The SMILES string of the molecule is CCCC1CN=C(NC(C)Cn2cccn2)S1. The van der Waals surface area contributed by atoms with Crippen LogP contribution in [0.3, 0.4) is 0 Å². The van der Waals surface area contributed by atoms with E-state index in [9.17, 15) is 0 Å². The monoisotopic (exact) mass is 252 g/mol. The van der Waals surface area contributed by atoms with Crippen molar-refractivity contribution in [3.05, 3.63) is 18.5 Å². The zero-order chi connectivity index (χ0) is 12.1. The summed E-state index contributed by atoms with van der Waals surface area (Å²) in [6, 6.07) is 2.31. The van der Waals surface area contributed by atoms with Crippen LogP contribution < -0.4 is 5.32 Å². The predicted molar refractivity (Wildman–Crippen MR) is 73.4 cm³/mol. The summed E-state index contributed by atoms with van der Waals surface area (Å²) in [4.78, 5) is 4.54. The number of thioether (sulfide) groups is 1. The van der Waals surface area contributed by atoms with Crippen LogP contribution >= 0.6 is 11.8 Å². The molecule has 5 heteroatoms. The summed E-state index contributed by atoms with van der Waals surface area (Å²) >= 11 is 1.89. The van der Waals surface area contributed by atoms with Crippen LogP contribution in [0, 0.1) is 0 Å². The van der Waals surface area contributed by atoms with Crippen molar-refractivity contribution in [2.24, 2.45) is 4.99 Å². The topological polar surface area (TPSA) is 42.2 Å². The molecule has 0 bridgehead atoms. The van der Waals surface area contributed by atoms with Gasteiger partial charge in [-0.15, -0.1) is 0 Å². The number of rotatable bonds is 5. The summed E-state index contributed by atoms with van der Waals surface area (Å²) in [6.07, 6.45) is 6.30. The molecule has 0 radical (unpaired) electrons. The Kier molecular flexibility index (Phi) is 4.48. The number of hydrogen-bond donors (Lipinski definition) is 1. The highest BCUT2D eigenvalue weighted by Crippen LogP contribution is 2.23. The smallest absolute Gasteiger partial charge is 0.157 e. The average Bonchev–Trinajstić information content (AvgIpc) is 2.91. The van der Waals surface area contributed by atoms with E-state index < -0.39 is 0 Å². The van der Waals surface area contributed by atoms with E-state index in [-0.39, 0.29) is 0 Å². The number of aliphatic imine (C=N–C) groups is 1. The minimum Gasteiger partial charge on any atom is -0.361 e. The third-order valence-corrected chi connectivity index (χ3v) is 3.91. The number of nitrogens with one attached hydrogen (secondary N) is 1. The number of amidine groups is 1. The van der Waals surface area contributed by atoms with Crippen molar-refractivity contribution in [3.8, 4) is 0 Å². The molecule has 0 spiro atoms. The Hall–Kier alpha value is -0.970. The van der Waals surface area contributed by atoms with Gasteiger partial charge in [-0.3, -0.25) is 9.67 Å². The fraction of sp³-hybridized carbons (Fsp3) is 0.667. The van der Waals surface area contributed by atoms with Crippen molar-refractivity contribution in [2.75, 3.05) is 6.54 Å². The normalized spacial score (nSPS) is 21.3. The molecule has 1 aromatic heterocycles. The van der Waals surface area contributed by atoms with Crippen LogP contribution in [0.25, 0.3) is 0 Å². The minimum absolute atomic E-state index is 0.363. The molecule has 1 N–H and O–H groups in total. The van der Waals surface area contributed by atoms with Crippen molar-refractivity contribution in [1.29, 1.82) is 0 Å². The molecule has 2 heterocycles. The molecule has 1 aliphatic heterocycles.